The van der Waals surface area contributed by atoms with E-state index in [-0.39, 0.29) is 11.5 Å². The fourth-order valence-electron chi connectivity index (χ4n) is 1.96. The Hall–Kier alpha value is -2.20. The monoisotopic (exact) mass is 328 g/mol. The molecule has 0 spiro atoms. The summed E-state index contributed by atoms with van der Waals surface area (Å²) in [5.74, 6) is 0.196. The number of nitrogens with zero attached hydrogens (tertiary/aromatic N) is 2. The molecule has 1 aromatic heterocycles. The van der Waals surface area contributed by atoms with Crippen molar-refractivity contribution in [1.82, 2.24) is 4.98 Å². The summed E-state index contributed by atoms with van der Waals surface area (Å²) in [6.45, 7) is 0. The number of hydrogen-bond acceptors (Lipinski definition) is 6. The van der Waals surface area contributed by atoms with Crippen molar-refractivity contribution >= 4 is 17.5 Å². The first kappa shape index (κ1) is 17.2. The molecular formula is C17H16N2O3S. The van der Waals surface area contributed by atoms with Gasteiger partial charge in [-0.25, -0.2) is 4.98 Å². The Balaban J connectivity index is 2.16. The van der Waals surface area contributed by atoms with Gasteiger partial charge in [0.1, 0.15) is 11.1 Å². The van der Waals surface area contributed by atoms with Crippen LogP contribution in [0.3, 0.4) is 0 Å². The average Bonchev–Trinajstić information content (AvgIpc) is 2.61. The summed E-state index contributed by atoms with van der Waals surface area (Å²) in [5, 5.41) is 9.69. The lowest BCUT2D eigenvalue weighted by Crippen LogP contribution is -2.08. The number of methoxy groups -OCH3 is 2. The number of ketones is 1. The third-order valence-corrected chi connectivity index (χ3v) is 4.10. The molecule has 1 heterocycles. The lowest BCUT2D eigenvalue weighted by Gasteiger charge is -2.14. The van der Waals surface area contributed by atoms with Crippen LogP contribution >= 0.6 is 11.8 Å². The van der Waals surface area contributed by atoms with Crippen LogP contribution in [-0.4, -0.2) is 30.7 Å². The average molecular weight is 328 g/mol. The molecule has 0 N–H and O–H groups in total. The van der Waals surface area contributed by atoms with E-state index >= 15 is 0 Å². The maximum Gasteiger partial charge on any atom is 0.200 e. The van der Waals surface area contributed by atoms with E-state index in [4.69, 9.17) is 9.47 Å². The zero-order valence-corrected chi connectivity index (χ0v) is 13.7. The molecule has 0 unspecified atom stereocenters. The summed E-state index contributed by atoms with van der Waals surface area (Å²) in [6.07, 6.45) is -0.605. The molecular weight excluding hydrogens is 312 g/mol. The van der Waals surface area contributed by atoms with E-state index < -0.39 is 6.29 Å². The van der Waals surface area contributed by atoms with Gasteiger partial charge in [0.15, 0.2) is 5.78 Å². The number of carbonyl (C=O) groups excluding carboxylic acids is 1. The van der Waals surface area contributed by atoms with Crippen LogP contribution in [0, 0.1) is 11.3 Å². The van der Waals surface area contributed by atoms with Crippen molar-refractivity contribution in [2.75, 3.05) is 20.0 Å². The Bertz CT molecular complexity index is 710. The van der Waals surface area contributed by atoms with Gasteiger partial charge in [0.25, 0.3) is 0 Å². The summed E-state index contributed by atoms with van der Waals surface area (Å²) in [6, 6.07) is 14.5. The number of ether oxygens (including phenoxy) is 2. The Morgan fingerprint density at radius 3 is 2.52 bits per heavy atom. The van der Waals surface area contributed by atoms with Crippen LogP contribution in [-0.2, 0) is 9.47 Å². The fraction of sp³-hybridized carbons (Fsp3) is 0.235. The van der Waals surface area contributed by atoms with Crippen LogP contribution in [0.25, 0.3) is 0 Å². The second kappa shape index (κ2) is 8.44. The molecule has 6 heteroatoms. The zero-order valence-electron chi connectivity index (χ0n) is 12.9. The van der Waals surface area contributed by atoms with E-state index in [1.807, 2.05) is 18.2 Å². The minimum Gasteiger partial charge on any atom is -0.350 e. The van der Waals surface area contributed by atoms with Crippen molar-refractivity contribution in [1.29, 1.82) is 5.26 Å². The maximum absolute atomic E-state index is 12.2. The number of pyridine rings is 1. The van der Waals surface area contributed by atoms with Gasteiger partial charge >= 0.3 is 0 Å². The van der Waals surface area contributed by atoms with Crippen LogP contribution < -0.4 is 0 Å². The zero-order chi connectivity index (χ0) is 16.7. The number of benzene rings is 1. The molecule has 2 rings (SSSR count). The lowest BCUT2D eigenvalue weighted by atomic mass is 10.2. The highest BCUT2D eigenvalue weighted by molar-refractivity contribution is 8.00. The van der Waals surface area contributed by atoms with Crippen molar-refractivity contribution in [2.24, 2.45) is 0 Å². The summed E-state index contributed by atoms with van der Waals surface area (Å²) < 4.78 is 10.3. The number of carbonyl (C=O) groups is 1. The summed E-state index contributed by atoms with van der Waals surface area (Å²) in [5.41, 5.74) is 1.62. The Kier molecular flexibility index (Phi) is 6.29. The van der Waals surface area contributed by atoms with Crippen LogP contribution in [0.4, 0.5) is 0 Å². The van der Waals surface area contributed by atoms with Gasteiger partial charge in [0.05, 0.1) is 17.0 Å². The highest BCUT2D eigenvalue weighted by atomic mass is 32.2. The molecule has 1 aromatic carbocycles. The normalized spacial score (nSPS) is 10.5. The van der Waals surface area contributed by atoms with Crippen molar-refractivity contribution in [3.8, 4) is 6.07 Å². The SMILES string of the molecule is COC(OC)c1ccc(C#N)c(SCC(=O)c2ccccc2)n1. The molecule has 118 valence electrons. The number of hydrogen-bond donors (Lipinski definition) is 0. The van der Waals surface area contributed by atoms with E-state index in [9.17, 15) is 10.1 Å². The minimum atomic E-state index is -0.605. The molecule has 0 saturated heterocycles. The molecule has 0 saturated carbocycles. The smallest absolute Gasteiger partial charge is 0.200 e. The molecule has 0 aliphatic heterocycles. The quantitative estimate of drug-likeness (QED) is 0.441. The first-order valence-electron chi connectivity index (χ1n) is 6.87. The van der Waals surface area contributed by atoms with Gasteiger partial charge in [-0.15, -0.1) is 0 Å². The van der Waals surface area contributed by atoms with Crippen molar-refractivity contribution in [2.45, 2.75) is 11.3 Å². The first-order valence-corrected chi connectivity index (χ1v) is 7.85. The third kappa shape index (κ3) is 4.39. The molecule has 0 atom stereocenters. The lowest BCUT2D eigenvalue weighted by molar-refractivity contribution is -0.108. The predicted octanol–water partition coefficient (Wildman–Crippen LogP) is 3.22. The van der Waals surface area contributed by atoms with Crippen LogP contribution in [0.2, 0.25) is 0 Å². The Labute approximate surface area is 139 Å². The molecule has 5 nitrogen and oxygen atoms in total. The predicted molar refractivity (Wildman–Crippen MR) is 87.2 cm³/mol. The van der Waals surface area contributed by atoms with Crippen LogP contribution in [0.1, 0.15) is 27.9 Å². The highest BCUT2D eigenvalue weighted by Crippen LogP contribution is 2.25. The molecule has 0 aliphatic rings. The fourth-order valence-corrected chi connectivity index (χ4v) is 2.83. The van der Waals surface area contributed by atoms with Crippen molar-refractivity contribution < 1.29 is 14.3 Å². The van der Waals surface area contributed by atoms with Crippen LogP contribution in [0.15, 0.2) is 47.5 Å². The molecule has 0 radical (unpaired) electrons. The number of thioether (sulfide) groups is 1. The van der Waals surface area contributed by atoms with Gasteiger partial charge in [-0.05, 0) is 12.1 Å². The summed E-state index contributed by atoms with van der Waals surface area (Å²) >= 11 is 1.23. The topological polar surface area (TPSA) is 72.2 Å². The second-order valence-corrected chi connectivity index (χ2v) is 5.55. The minimum absolute atomic E-state index is 0.0123. The summed E-state index contributed by atoms with van der Waals surface area (Å²) in [4.78, 5) is 16.6. The number of Topliss-reactive ketones (excluding diaryl/α,β-unsaturated/α-hetero) is 1. The third-order valence-electron chi connectivity index (χ3n) is 3.11. The van der Waals surface area contributed by atoms with Gasteiger partial charge in [0, 0.05) is 19.8 Å². The van der Waals surface area contributed by atoms with Crippen LogP contribution in [0.5, 0.6) is 0 Å². The van der Waals surface area contributed by atoms with E-state index in [2.05, 4.69) is 11.1 Å². The van der Waals surface area contributed by atoms with Gasteiger partial charge in [0.2, 0.25) is 6.29 Å². The molecule has 0 aliphatic carbocycles. The molecule has 0 amide bonds. The van der Waals surface area contributed by atoms with Gasteiger partial charge in [-0.3, -0.25) is 4.79 Å². The Morgan fingerprint density at radius 1 is 1.22 bits per heavy atom. The van der Waals surface area contributed by atoms with E-state index in [0.29, 0.717) is 21.8 Å². The maximum atomic E-state index is 12.2. The first-order chi connectivity index (χ1) is 11.2. The standard InChI is InChI=1S/C17H16N2O3S/c1-21-17(22-2)14-9-8-13(10-18)16(19-14)23-11-15(20)12-6-4-3-5-7-12/h3-9,17H,11H2,1-2H3. The molecule has 23 heavy (non-hydrogen) atoms. The number of rotatable bonds is 7. The second-order valence-electron chi connectivity index (χ2n) is 4.58. The van der Waals surface area contributed by atoms with Gasteiger partial charge in [-0.1, -0.05) is 42.1 Å². The summed E-state index contributed by atoms with van der Waals surface area (Å²) in [7, 11) is 3.03. The van der Waals surface area contributed by atoms with E-state index in [1.54, 1.807) is 24.3 Å². The molecule has 0 bridgehead atoms. The van der Waals surface area contributed by atoms with Crippen molar-refractivity contribution in [3.63, 3.8) is 0 Å². The number of aromatic nitrogens is 1. The van der Waals surface area contributed by atoms with Gasteiger partial charge < -0.3 is 9.47 Å². The van der Waals surface area contributed by atoms with E-state index in [1.165, 1.54) is 26.0 Å². The van der Waals surface area contributed by atoms with Gasteiger partial charge in [-0.2, -0.15) is 5.26 Å². The molecule has 0 fully saturated rings. The number of nitriles is 1. The van der Waals surface area contributed by atoms with E-state index in [0.717, 1.165) is 0 Å². The largest absolute Gasteiger partial charge is 0.350 e. The molecule has 2 aromatic rings. The van der Waals surface area contributed by atoms with Crippen molar-refractivity contribution in [3.05, 3.63) is 59.3 Å². The highest BCUT2D eigenvalue weighted by Gasteiger charge is 2.15. The Morgan fingerprint density at radius 2 is 1.91 bits per heavy atom.